The summed E-state index contributed by atoms with van der Waals surface area (Å²) < 4.78 is 39.2. The Morgan fingerprint density at radius 1 is 1.33 bits per heavy atom. The van der Waals surface area contributed by atoms with E-state index in [4.69, 9.17) is 0 Å². The van der Waals surface area contributed by atoms with Gasteiger partial charge >= 0.3 is 6.18 Å². The van der Waals surface area contributed by atoms with Crippen molar-refractivity contribution in [2.24, 2.45) is 0 Å². The van der Waals surface area contributed by atoms with Crippen molar-refractivity contribution in [1.82, 2.24) is 4.98 Å². The predicted molar refractivity (Wildman–Crippen MR) is 75.0 cm³/mol. The predicted octanol–water partition coefficient (Wildman–Crippen LogP) is 5.07. The fourth-order valence-corrected chi connectivity index (χ4v) is 3.07. The Morgan fingerprint density at radius 3 is 2.61 bits per heavy atom. The van der Waals surface area contributed by atoms with Crippen molar-refractivity contribution in [3.63, 3.8) is 0 Å². The van der Waals surface area contributed by atoms with E-state index in [1.807, 2.05) is 0 Å². The molecule has 0 bridgehead atoms. The lowest BCUT2D eigenvalue weighted by molar-refractivity contribution is -0.138. The van der Waals surface area contributed by atoms with Crippen molar-refractivity contribution in [2.45, 2.75) is 17.5 Å². The van der Waals surface area contributed by atoms with E-state index in [2.05, 4.69) is 27.6 Å². The maximum atomic E-state index is 12.8. The van der Waals surface area contributed by atoms with Crippen LogP contribution in [0.5, 0.6) is 0 Å². The Balaban J connectivity index is 2.52. The molecule has 1 aromatic heterocycles. The quantitative estimate of drug-likeness (QED) is 0.521. The van der Waals surface area contributed by atoms with Gasteiger partial charge in [-0.15, -0.1) is 11.3 Å². The van der Waals surface area contributed by atoms with Gasteiger partial charge in [-0.2, -0.15) is 13.2 Å². The van der Waals surface area contributed by atoms with Gasteiger partial charge in [0.15, 0.2) is 0 Å². The minimum atomic E-state index is -4.32. The van der Waals surface area contributed by atoms with E-state index in [-0.39, 0.29) is 5.56 Å². The normalized spacial score (nSPS) is 11.8. The molecule has 0 aliphatic heterocycles. The summed E-state index contributed by atoms with van der Waals surface area (Å²) in [4.78, 5) is 4.33. The number of alkyl halides is 4. The zero-order valence-corrected chi connectivity index (χ0v) is 12.4. The molecule has 0 radical (unpaired) electrons. The van der Waals surface area contributed by atoms with Crippen molar-refractivity contribution >= 4 is 33.9 Å². The smallest absolute Gasteiger partial charge is 0.240 e. The van der Waals surface area contributed by atoms with Crippen LogP contribution < -0.4 is 0 Å². The van der Waals surface area contributed by atoms with E-state index in [9.17, 15) is 13.2 Å². The summed E-state index contributed by atoms with van der Waals surface area (Å²) >= 11 is 3.65. The molecule has 0 amide bonds. The Labute approximate surface area is 120 Å². The van der Waals surface area contributed by atoms with Crippen LogP contribution in [-0.2, 0) is 10.6 Å². The monoisotopic (exact) mass is 383 g/mol. The molecule has 0 fully saturated rings. The Bertz CT molecular complexity index is 563. The van der Waals surface area contributed by atoms with Gasteiger partial charge in [-0.3, -0.25) is 0 Å². The molecule has 0 spiro atoms. The summed E-state index contributed by atoms with van der Waals surface area (Å²) in [5.74, 6) is 0. The molecular formula is C12H9F3INS. The second-order valence-corrected chi connectivity index (χ2v) is 5.44. The number of benzene rings is 1. The van der Waals surface area contributed by atoms with Gasteiger partial charge in [0.2, 0.25) is 0 Å². The van der Waals surface area contributed by atoms with Crippen LogP contribution in [0.15, 0.2) is 23.6 Å². The molecule has 0 atom stereocenters. The highest BCUT2D eigenvalue weighted by molar-refractivity contribution is 14.1. The zero-order chi connectivity index (χ0) is 13.3. The SMILES string of the molecule is Cc1c(-c2csc(CI)n2)cccc1C(F)(F)F. The number of halogens is 4. The first-order valence-corrected chi connectivity index (χ1v) is 7.51. The highest BCUT2D eigenvalue weighted by Crippen LogP contribution is 2.36. The van der Waals surface area contributed by atoms with E-state index in [1.165, 1.54) is 24.3 Å². The summed E-state index contributed by atoms with van der Waals surface area (Å²) in [5.41, 5.74) is 0.812. The minimum absolute atomic E-state index is 0.232. The molecule has 0 saturated carbocycles. The summed E-state index contributed by atoms with van der Waals surface area (Å²) in [6, 6.07) is 4.20. The van der Waals surface area contributed by atoms with E-state index >= 15 is 0 Å². The third kappa shape index (κ3) is 2.69. The molecule has 0 saturated heterocycles. The molecule has 18 heavy (non-hydrogen) atoms. The van der Waals surface area contributed by atoms with Crippen molar-refractivity contribution in [3.05, 3.63) is 39.7 Å². The number of aromatic nitrogens is 1. The minimum Gasteiger partial charge on any atom is -0.240 e. The van der Waals surface area contributed by atoms with Crippen molar-refractivity contribution < 1.29 is 13.2 Å². The molecule has 1 aromatic carbocycles. The summed E-state index contributed by atoms with van der Waals surface area (Å²) in [6.07, 6.45) is -4.32. The molecule has 96 valence electrons. The standard InChI is InChI=1S/C12H9F3INS/c1-7-8(10-6-18-11(5-16)17-10)3-2-4-9(7)12(13,14)15/h2-4,6H,5H2,1H3. The Morgan fingerprint density at radius 2 is 2.06 bits per heavy atom. The van der Waals surface area contributed by atoms with Gasteiger partial charge in [0.25, 0.3) is 0 Å². The number of thiazole rings is 1. The van der Waals surface area contributed by atoms with Gasteiger partial charge in [0.05, 0.1) is 15.7 Å². The van der Waals surface area contributed by atoms with Gasteiger partial charge in [-0.1, -0.05) is 34.7 Å². The molecule has 2 aromatic rings. The molecule has 1 nitrogen and oxygen atoms in total. The maximum Gasteiger partial charge on any atom is 0.416 e. The molecule has 0 unspecified atom stereocenters. The summed E-state index contributed by atoms with van der Waals surface area (Å²) in [6.45, 7) is 1.49. The van der Waals surface area contributed by atoms with Crippen LogP contribution in [0, 0.1) is 6.92 Å². The Kier molecular flexibility index (Phi) is 3.96. The van der Waals surface area contributed by atoms with Crippen molar-refractivity contribution in [2.75, 3.05) is 0 Å². The molecule has 6 heteroatoms. The topological polar surface area (TPSA) is 12.9 Å². The van der Waals surface area contributed by atoms with E-state index in [1.54, 1.807) is 11.4 Å². The lowest BCUT2D eigenvalue weighted by Crippen LogP contribution is -2.08. The van der Waals surface area contributed by atoms with E-state index < -0.39 is 11.7 Å². The van der Waals surface area contributed by atoms with Gasteiger partial charge < -0.3 is 0 Å². The van der Waals surface area contributed by atoms with Crippen molar-refractivity contribution in [1.29, 1.82) is 0 Å². The lowest BCUT2D eigenvalue weighted by Gasteiger charge is -2.12. The van der Waals surface area contributed by atoms with Crippen LogP contribution in [-0.4, -0.2) is 4.98 Å². The van der Waals surface area contributed by atoms with Gasteiger partial charge in [-0.25, -0.2) is 4.98 Å². The van der Waals surface area contributed by atoms with Crippen LogP contribution >= 0.6 is 33.9 Å². The first-order valence-electron chi connectivity index (χ1n) is 5.11. The maximum absolute atomic E-state index is 12.8. The molecule has 0 aliphatic carbocycles. The Hall–Kier alpha value is -0.630. The molecule has 0 N–H and O–H groups in total. The van der Waals surface area contributed by atoms with E-state index in [0.717, 1.165) is 15.5 Å². The van der Waals surface area contributed by atoms with Gasteiger partial charge in [-0.05, 0) is 18.6 Å². The summed E-state index contributed by atoms with van der Waals surface area (Å²) in [7, 11) is 0. The lowest BCUT2D eigenvalue weighted by atomic mass is 10.0. The summed E-state index contributed by atoms with van der Waals surface area (Å²) in [5, 5.41) is 2.72. The highest BCUT2D eigenvalue weighted by Gasteiger charge is 2.33. The van der Waals surface area contributed by atoms with Crippen LogP contribution in [0.1, 0.15) is 16.1 Å². The second-order valence-electron chi connectivity index (χ2n) is 3.74. The number of hydrogen-bond donors (Lipinski definition) is 0. The van der Waals surface area contributed by atoms with Crippen molar-refractivity contribution in [3.8, 4) is 11.3 Å². The molecule has 2 rings (SSSR count). The number of nitrogens with zero attached hydrogens (tertiary/aromatic N) is 1. The first-order chi connectivity index (χ1) is 8.43. The fraction of sp³-hybridized carbons (Fsp3) is 0.250. The molecule has 1 heterocycles. The first kappa shape index (κ1) is 13.8. The van der Waals surface area contributed by atoms with Gasteiger partial charge in [0, 0.05) is 10.9 Å². The number of rotatable bonds is 2. The van der Waals surface area contributed by atoms with Crippen LogP contribution in [0.2, 0.25) is 0 Å². The molecule has 0 aliphatic rings. The van der Waals surface area contributed by atoms with Crippen LogP contribution in [0.3, 0.4) is 0 Å². The number of hydrogen-bond acceptors (Lipinski definition) is 2. The second kappa shape index (κ2) is 5.16. The van der Waals surface area contributed by atoms with Gasteiger partial charge in [0.1, 0.15) is 5.01 Å². The van der Waals surface area contributed by atoms with E-state index in [0.29, 0.717) is 11.3 Å². The average Bonchev–Trinajstić information content (AvgIpc) is 2.76. The van der Waals surface area contributed by atoms with Crippen LogP contribution in [0.4, 0.5) is 13.2 Å². The van der Waals surface area contributed by atoms with Crippen LogP contribution in [0.25, 0.3) is 11.3 Å². The average molecular weight is 383 g/mol. The fourth-order valence-electron chi connectivity index (χ4n) is 1.72. The zero-order valence-electron chi connectivity index (χ0n) is 9.38. The third-order valence-corrected chi connectivity index (χ3v) is 4.67. The highest BCUT2D eigenvalue weighted by atomic mass is 127. The third-order valence-electron chi connectivity index (χ3n) is 2.58. The largest absolute Gasteiger partial charge is 0.416 e. The molecular weight excluding hydrogens is 374 g/mol.